The molecule has 4 nitrogen and oxygen atoms in total. The van der Waals surface area contributed by atoms with E-state index < -0.39 is 6.10 Å². The van der Waals surface area contributed by atoms with Crippen molar-refractivity contribution < 1.29 is 5.11 Å². The van der Waals surface area contributed by atoms with E-state index in [9.17, 15) is 5.11 Å². The average Bonchev–Trinajstić information content (AvgIpc) is 2.77. The van der Waals surface area contributed by atoms with Crippen LogP contribution in [0.2, 0.25) is 0 Å². The summed E-state index contributed by atoms with van der Waals surface area (Å²) in [5.74, 6) is 0. The van der Waals surface area contributed by atoms with Gasteiger partial charge in [-0.3, -0.25) is 5.10 Å². The first-order valence-electron chi connectivity index (χ1n) is 3.44. The zero-order valence-electron chi connectivity index (χ0n) is 6.14. The van der Waals surface area contributed by atoms with Crippen molar-refractivity contribution in [1.29, 1.82) is 0 Å². The number of aromatic amines is 1. The van der Waals surface area contributed by atoms with E-state index in [2.05, 4.69) is 14.6 Å². The number of H-pyrrole nitrogens is 1. The molecule has 2 heterocycles. The van der Waals surface area contributed by atoms with Crippen LogP contribution in [0.1, 0.15) is 17.2 Å². The summed E-state index contributed by atoms with van der Waals surface area (Å²) in [5, 5.41) is 17.9. The number of nitrogens with zero attached hydrogens (tertiary/aromatic N) is 2. The molecule has 1 atom stereocenters. The van der Waals surface area contributed by atoms with Gasteiger partial charge in [0.05, 0.1) is 6.20 Å². The second-order valence-corrected chi connectivity index (χ2v) is 3.05. The van der Waals surface area contributed by atoms with Crippen molar-refractivity contribution in [1.82, 2.24) is 14.6 Å². The fourth-order valence-electron chi connectivity index (χ4n) is 0.951. The lowest BCUT2D eigenvalue weighted by molar-refractivity contribution is 0.220. The molecule has 0 aliphatic heterocycles. The quantitative estimate of drug-likeness (QED) is 0.725. The second kappa shape index (κ2) is 3.04. The molecular weight excluding hydrogens is 174 g/mol. The Morgan fingerprint density at radius 1 is 1.42 bits per heavy atom. The van der Waals surface area contributed by atoms with Gasteiger partial charge < -0.3 is 5.11 Å². The lowest BCUT2D eigenvalue weighted by atomic mass is 10.1. The first-order chi connectivity index (χ1) is 5.88. The SMILES string of the molecule is OC(c1cn[nH]c1)c1cnsc1. The lowest BCUT2D eigenvalue weighted by Crippen LogP contribution is -1.95. The summed E-state index contributed by atoms with van der Waals surface area (Å²) in [7, 11) is 0. The monoisotopic (exact) mass is 181 g/mol. The number of aliphatic hydroxyl groups is 1. The molecule has 0 fully saturated rings. The van der Waals surface area contributed by atoms with Gasteiger partial charge in [-0.1, -0.05) is 0 Å². The summed E-state index contributed by atoms with van der Waals surface area (Å²) in [6.45, 7) is 0. The normalized spacial score (nSPS) is 13.1. The van der Waals surface area contributed by atoms with Crippen molar-refractivity contribution >= 4 is 11.5 Å². The van der Waals surface area contributed by atoms with Crippen LogP contribution in [0.3, 0.4) is 0 Å². The molecular formula is C7H7N3OS. The predicted molar refractivity (Wildman–Crippen MR) is 44.8 cm³/mol. The number of aliphatic hydroxyl groups excluding tert-OH is 1. The molecule has 0 aliphatic rings. The Labute approximate surface area is 73.0 Å². The number of nitrogens with one attached hydrogen (secondary N) is 1. The Morgan fingerprint density at radius 2 is 2.33 bits per heavy atom. The van der Waals surface area contributed by atoms with Gasteiger partial charge in [0.1, 0.15) is 6.10 Å². The molecule has 2 N–H and O–H groups in total. The molecule has 12 heavy (non-hydrogen) atoms. The van der Waals surface area contributed by atoms with Gasteiger partial charge >= 0.3 is 0 Å². The Morgan fingerprint density at radius 3 is 2.92 bits per heavy atom. The van der Waals surface area contributed by atoms with Crippen LogP contribution in [0.15, 0.2) is 24.0 Å². The Bertz CT molecular complexity index is 295. The average molecular weight is 181 g/mol. The van der Waals surface area contributed by atoms with E-state index in [1.807, 2.05) is 5.38 Å². The van der Waals surface area contributed by atoms with E-state index >= 15 is 0 Å². The number of hydrogen-bond donors (Lipinski definition) is 2. The minimum Gasteiger partial charge on any atom is -0.383 e. The van der Waals surface area contributed by atoms with Gasteiger partial charge in [-0.05, 0) is 11.5 Å². The van der Waals surface area contributed by atoms with Crippen molar-refractivity contribution in [2.45, 2.75) is 6.10 Å². The molecule has 0 spiro atoms. The van der Waals surface area contributed by atoms with Gasteiger partial charge in [0.15, 0.2) is 0 Å². The van der Waals surface area contributed by atoms with Crippen LogP contribution in [0.25, 0.3) is 0 Å². The zero-order chi connectivity index (χ0) is 8.39. The van der Waals surface area contributed by atoms with E-state index in [1.54, 1.807) is 18.6 Å². The molecule has 0 amide bonds. The van der Waals surface area contributed by atoms with Crippen molar-refractivity contribution in [3.8, 4) is 0 Å². The summed E-state index contributed by atoms with van der Waals surface area (Å²) >= 11 is 1.32. The number of aromatic nitrogens is 3. The molecule has 0 saturated heterocycles. The maximum absolute atomic E-state index is 9.68. The Kier molecular flexibility index (Phi) is 1.89. The summed E-state index contributed by atoms with van der Waals surface area (Å²) in [6, 6.07) is 0. The van der Waals surface area contributed by atoms with Gasteiger partial charge in [-0.2, -0.15) is 5.10 Å². The second-order valence-electron chi connectivity index (χ2n) is 2.39. The molecule has 0 aliphatic carbocycles. The highest BCUT2D eigenvalue weighted by molar-refractivity contribution is 7.03. The molecule has 62 valence electrons. The van der Waals surface area contributed by atoms with Crippen LogP contribution in [0.5, 0.6) is 0 Å². The van der Waals surface area contributed by atoms with Crippen LogP contribution < -0.4 is 0 Å². The van der Waals surface area contributed by atoms with E-state index in [-0.39, 0.29) is 0 Å². The lowest BCUT2D eigenvalue weighted by Gasteiger charge is -2.03. The molecule has 0 bridgehead atoms. The van der Waals surface area contributed by atoms with E-state index in [0.717, 1.165) is 11.1 Å². The Hall–Kier alpha value is -1.20. The molecule has 0 saturated carbocycles. The van der Waals surface area contributed by atoms with Crippen LogP contribution in [-0.4, -0.2) is 19.7 Å². The van der Waals surface area contributed by atoms with Crippen molar-refractivity contribution in [3.05, 3.63) is 35.1 Å². The van der Waals surface area contributed by atoms with Crippen LogP contribution >= 0.6 is 11.5 Å². The van der Waals surface area contributed by atoms with Gasteiger partial charge in [0.2, 0.25) is 0 Å². The highest BCUT2D eigenvalue weighted by atomic mass is 32.1. The van der Waals surface area contributed by atoms with Gasteiger partial charge in [0, 0.05) is 28.9 Å². The van der Waals surface area contributed by atoms with E-state index in [0.29, 0.717) is 0 Å². The molecule has 2 aromatic heterocycles. The van der Waals surface area contributed by atoms with Crippen molar-refractivity contribution in [2.24, 2.45) is 0 Å². The standard InChI is InChI=1S/C7H7N3OS/c11-7(5-1-8-9-2-5)6-3-10-12-4-6/h1-4,7,11H,(H,8,9). The summed E-state index contributed by atoms with van der Waals surface area (Å²) < 4.78 is 3.90. The van der Waals surface area contributed by atoms with Crippen LogP contribution in [0, 0.1) is 0 Å². The summed E-state index contributed by atoms with van der Waals surface area (Å²) in [4.78, 5) is 0. The Balaban J connectivity index is 2.27. The van der Waals surface area contributed by atoms with Crippen LogP contribution in [0.4, 0.5) is 0 Å². The van der Waals surface area contributed by atoms with Gasteiger partial charge in [-0.25, -0.2) is 4.37 Å². The van der Waals surface area contributed by atoms with Crippen LogP contribution in [-0.2, 0) is 0 Å². The zero-order valence-corrected chi connectivity index (χ0v) is 6.95. The third-order valence-corrected chi connectivity index (χ3v) is 2.21. The highest BCUT2D eigenvalue weighted by Crippen LogP contribution is 2.20. The predicted octanol–water partition coefficient (Wildman–Crippen LogP) is 0.948. The van der Waals surface area contributed by atoms with Crippen molar-refractivity contribution in [2.75, 3.05) is 0 Å². The first kappa shape index (κ1) is 7.45. The third kappa shape index (κ3) is 1.24. The third-order valence-electron chi connectivity index (χ3n) is 1.60. The largest absolute Gasteiger partial charge is 0.383 e. The highest BCUT2D eigenvalue weighted by Gasteiger charge is 2.11. The smallest absolute Gasteiger partial charge is 0.109 e. The minimum absolute atomic E-state index is 0.609. The van der Waals surface area contributed by atoms with E-state index in [4.69, 9.17) is 0 Å². The van der Waals surface area contributed by atoms with Gasteiger partial charge in [-0.15, -0.1) is 0 Å². The minimum atomic E-state index is -0.609. The molecule has 1 unspecified atom stereocenters. The molecule has 5 heteroatoms. The molecule has 0 radical (unpaired) electrons. The van der Waals surface area contributed by atoms with Gasteiger partial charge in [0.25, 0.3) is 0 Å². The maximum Gasteiger partial charge on any atom is 0.109 e. The molecule has 0 aromatic carbocycles. The fraction of sp³-hybridized carbons (Fsp3) is 0.143. The maximum atomic E-state index is 9.68. The topological polar surface area (TPSA) is 61.8 Å². The summed E-state index contributed by atoms with van der Waals surface area (Å²) in [6.07, 6.45) is 4.31. The number of rotatable bonds is 2. The molecule has 2 aromatic rings. The molecule has 2 rings (SSSR count). The first-order valence-corrected chi connectivity index (χ1v) is 4.27. The summed E-state index contributed by atoms with van der Waals surface area (Å²) in [5.41, 5.74) is 1.57. The van der Waals surface area contributed by atoms with Crippen molar-refractivity contribution in [3.63, 3.8) is 0 Å². The fourth-order valence-corrected chi connectivity index (χ4v) is 1.51. The van der Waals surface area contributed by atoms with E-state index in [1.165, 1.54) is 11.5 Å². The number of hydrogen-bond acceptors (Lipinski definition) is 4.